The van der Waals surface area contributed by atoms with Gasteiger partial charge < -0.3 is 14.8 Å². The van der Waals surface area contributed by atoms with Gasteiger partial charge in [-0.2, -0.15) is 5.10 Å². The minimum absolute atomic E-state index is 0.0109. The molecular formula is C13H13BN4O. The molecule has 0 aliphatic carbocycles. The van der Waals surface area contributed by atoms with Gasteiger partial charge in [0.25, 0.3) is 7.98 Å². The van der Waals surface area contributed by atoms with Gasteiger partial charge in [0.05, 0.1) is 23.4 Å². The Kier molecular flexibility index (Phi) is 2.23. The largest absolute Gasteiger partial charge is 0.324 e. The molecule has 0 saturated carbocycles. The van der Waals surface area contributed by atoms with Crippen LogP contribution < -0.4 is 10.2 Å². The molecule has 1 aromatic carbocycles. The number of rotatable bonds is 1. The summed E-state index contributed by atoms with van der Waals surface area (Å²) in [4.78, 5) is 14.3. The van der Waals surface area contributed by atoms with E-state index in [4.69, 9.17) is 7.98 Å². The van der Waals surface area contributed by atoms with Crippen molar-refractivity contribution in [2.24, 2.45) is 5.92 Å². The Morgan fingerprint density at radius 2 is 2.32 bits per heavy atom. The van der Waals surface area contributed by atoms with Gasteiger partial charge in [-0.3, -0.25) is 4.79 Å². The molecule has 4 rings (SSSR count). The van der Waals surface area contributed by atoms with Gasteiger partial charge in [0.1, 0.15) is 0 Å². The Labute approximate surface area is 112 Å². The summed E-state index contributed by atoms with van der Waals surface area (Å²) in [6.45, 7) is 1.73. The van der Waals surface area contributed by atoms with E-state index in [1.807, 2.05) is 23.1 Å². The monoisotopic (exact) mass is 252 g/mol. The molecular weight excluding hydrogens is 239 g/mol. The zero-order chi connectivity index (χ0) is 13.0. The molecule has 2 atom stereocenters. The van der Waals surface area contributed by atoms with E-state index in [9.17, 15) is 4.79 Å². The van der Waals surface area contributed by atoms with Gasteiger partial charge in [-0.1, -0.05) is 6.07 Å². The van der Waals surface area contributed by atoms with Crippen molar-refractivity contribution < 1.29 is 4.79 Å². The molecule has 2 aliphatic heterocycles. The number of carbonyl (C=O) groups excluding carboxylic acids is 1. The molecule has 0 unspecified atom stereocenters. The predicted molar refractivity (Wildman–Crippen MR) is 73.1 cm³/mol. The number of aromatic nitrogens is 2. The number of amides is 1. The Hall–Kier alpha value is -1.82. The maximum absolute atomic E-state index is 12.4. The van der Waals surface area contributed by atoms with Crippen LogP contribution in [0.2, 0.25) is 0 Å². The first-order valence-electron chi connectivity index (χ1n) is 6.52. The first-order valence-corrected chi connectivity index (χ1v) is 6.52. The van der Waals surface area contributed by atoms with Crippen molar-refractivity contribution in [3.8, 4) is 0 Å². The minimum Gasteiger partial charge on any atom is -0.324 e. The molecule has 1 amide bonds. The van der Waals surface area contributed by atoms with Gasteiger partial charge in [0.2, 0.25) is 5.91 Å². The van der Waals surface area contributed by atoms with Crippen LogP contribution in [-0.2, 0) is 4.79 Å². The summed E-state index contributed by atoms with van der Waals surface area (Å²) >= 11 is 0. The molecule has 2 aromatic rings. The quantitative estimate of drug-likeness (QED) is 0.742. The molecule has 94 valence electrons. The highest BCUT2D eigenvalue weighted by Crippen LogP contribution is 2.34. The highest BCUT2D eigenvalue weighted by molar-refractivity contribution is 6.13. The van der Waals surface area contributed by atoms with Crippen molar-refractivity contribution in [1.29, 1.82) is 0 Å². The molecule has 0 spiro atoms. The molecule has 2 aliphatic rings. The second-order valence-corrected chi connectivity index (χ2v) is 5.23. The summed E-state index contributed by atoms with van der Waals surface area (Å²) < 4.78 is 1.35. The van der Waals surface area contributed by atoms with Crippen LogP contribution in [0.3, 0.4) is 0 Å². The molecule has 2 saturated heterocycles. The van der Waals surface area contributed by atoms with Crippen LogP contribution in [0.1, 0.15) is 6.42 Å². The summed E-state index contributed by atoms with van der Waals surface area (Å²) in [5, 5.41) is 8.28. The number of hydrogen-bond acceptors (Lipinski definition) is 3. The number of anilines is 1. The molecule has 0 bridgehead atoms. The summed E-state index contributed by atoms with van der Waals surface area (Å²) in [5.74, 6) is 0.593. The molecule has 3 heterocycles. The second-order valence-electron chi connectivity index (χ2n) is 5.23. The lowest BCUT2D eigenvalue weighted by molar-refractivity contribution is -0.118. The van der Waals surface area contributed by atoms with Gasteiger partial charge in [0, 0.05) is 17.8 Å². The summed E-state index contributed by atoms with van der Waals surface area (Å²) in [6, 6.07) is 5.77. The van der Waals surface area contributed by atoms with Gasteiger partial charge >= 0.3 is 0 Å². The topological polar surface area (TPSA) is 50.2 Å². The minimum atomic E-state index is -0.0109. The van der Waals surface area contributed by atoms with Crippen molar-refractivity contribution >= 4 is 30.5 Å². The Balaban J connectivity index is 1.81. The third-order valence-electron chi connectivity index (χ3n) is 4.21. The van der Waals surface area contributed by atoms with E-state index in [2.05, 4.69) is 10.4 Å². The Morgan fingerprint density at radius 3 is 3.16 bits per heavy atom. The molecule has 1 N–H and O–H groups in total. The first-order chi connectivity index (χ1) is 9.25. The van der Waals surface area contributed by atoms with E-state index < -0.39 is 0 Å². The molecule has 2 fully saturated rings. The lowest BCUT2D eigenvalue weighted by Gasteiger charge is -2.18. The van der Waals surface area contributed by atoms with Crippen molar-refractivity contribution in [3.05, 3.63) is 24.4 Å². The molecule has 2 radical (unpaired) electrons. The number of nitrogens with zero attached hydrogens (tertiary/aromatic N) is 3. The highest BCUT2D eigenvalue weighted by atomic mass is 16.2. The van der Waals surface area contributed by atoms with Crippen LogP contribution in [0, 0.1) is 5.92 Å². The maximum Gasteiger partial charge on any atom is 0.265 e. The zero-order valence-electron chi connectivity index (χ0n) is 10.4. The van der Waals surface area contributed by atoms with Crippen LogP contribution in [0.4, 0.5) is 5.69 Å². The van der Waals surface area contributed by atoms with Gasteiger partial charge in [-0.25, -0.2) is 0 Å². The maximum atomic E-state index is 12.4. The zero-order valence-corrected chi connectivity index (χ0v) is 10.4. The SMILES string of the molecule is [B]n1ncc2c(N3C[C@H]4CCN[C@H]4C3=O)cccc21. The fraction of sp³-hybridized carbons (Fsp3) is 0.385. The predicted octanol–water partition coefficient (Wildman–Crippen LogP) is 0.293. The van der Waals surface area contributed by atoms with E-state index in [0.717, 1.165) is 36.1 Å². The lowest BCUT2D eigenvalue weighted by Crippen LogP contribution is -2.36. The smallest absolute Gasteiger partial charge is 0.265 e. The average Bonchev–Trinajstić information content (AvgIpc) is 3.08. The summed E-state index contributed by atoms with van der Waals surface area (Å²) in [5.41, 5.74) is 1.76. The number of benzene rings is 1. The van der Waals surface area contributed by atoms with E-state index >= 15 is 0 Å². The standard InChI is InChI=1S/C13H13BN4O/c14-18-11-3-1-2-10(9(11)6-16-18)17-7-8-4-5-15-12(8)13(17)19/h1-3,6,8,12,15H,4-5,7H2/t8-,12-/m1/s1. The third kappa shape index (κ3) is 1.46. The van der Waals surface area contributed by atoms with E-state index in [-0.39, 0.29) is 11.9 Å². The highest BCUT2D eigenvalue weighted by Gasteiger charge is 2.43. The fourth-order valence-corrected chi connectivity index (χ4v) is 3.24. The second kappa shape index (κ2) is 3.84. The molecule has 19 heavy (non-hydrogen) atoms. The van der Waals surface area contributed by atoms with Gasteiger partial charge in [-0.15, -0.1) is 0 Å². The Morgan fingerprint density at radius 1 is 1.42 bits per heavy atom. The first kappa shape index (κ1) is 11.0. The summed E-state index contributed by atoms with van der Waals surface area (Å²) in [6.07, 6.45) is 2.79. The van der Waals surface area contributed by atoms with Crippen LogP contribution in [0.5, 0.6) is 0 Å². The number of hydrogen-bond donors (Lipinski definition) is 1. The average molecular weight is 252 g/mol. The molecule has 5 nitrogen and oxygen atoms in total. The van der Waals surface area contributed by atoms with E-state index in [1.165, 1.54) is 4.59 Å². The van der Waals surface area contributed by atoms with Crippen molar-refractivity contribution in [2.75, 3.05) is 18.0 Å². The van der Waals surface area contributed by atoms with Gasteiger partial charge in [0.15, 0.2) is 0 Å². The fourth-order valence-electron chi connectivity index (χ4n) is 3.24. The molecule has 1 aromatic heterocycles. The third-order valence-corrected chi connectivity index (χ3v) is 4.21. The van der Waals surface area contributed by atoms with Crippen LogP contribution in [-0.4, -0.2) is 42.7 Å². The van der Waals surface area contributed by atoms with Crippen molar-refractivity contribution in [1.82, 2.24) is 15.0 Å². The van der Waals surface area contributed by atoms with E-state index in [1.54, 1.807) is 6.20 Å². The number of nitrogens with one attached hydrogen (secondary N) is 1. The van der Waals surface area contributed by atoms with Crippen molar-refractivity contribution in [3.63, 3.8) is 0 Å². The molecule has 6 heteroatoms. The Bertz CT molecular complexity index is 668. The number of fused-ring (bicyclic) bond motifs is 2. The van der Waals surface area contributed by atoms with E-state index in [0.29, 0.717) is 5.92 Å². The number of carbonyl (C=O) groups is 1. The summed E-state index contributed by atoms with van der Waals surface area (Å²) in [7, 11) is 5.76. The van der Waals surface area contributed by atoms with Crippen LogP contribution in [0.15, 0.2) is 24.4 Å². The van der Waals surface area contributed by atoms with Crippen LogP contribution >= 0.6 is 0 Å². The van der Waals surface area contributed by atoms with Crippen LogP contribution in [0.25, 0.3) is 10.9 Å². The normalized spacial score (nSPS) is 26.3. The van der Waals surface area contributed by atoms with Gasteiger partial charge in [-0.05, 0) is 25.1 Å². The van der Waals surface area contributed by atoms with Crippen molar-refractivity contribution in [2.45, 2.75) is 12.5 Å². The lowest BCUT2D eigenvalue weighted by atomic mass is 10.1.